The Bertz CT molecular complexity index is 641. The van der Waals surface area contributed by atoms with E-state index in [4.69, 9.17) is 4.74 Å². The highest BCUT2D eigenvalue weighted by Gasteiger charge is 2.03. The molecule has 0 radical (unpaired) electrons. The largest absolute Gasteiger partial charge is 0.497 e. The number of methoxy groups -OCH3 is 1. The van der Waals surface area contributed by atoms with Crippen LogP contribution in [0.25, 0.3) is 16.6 Å². The van der Waals surface area contributed by atoms with Crippen molar-refractivity contribution in [3.05, 3.63) is 55.1 Å². The quantitative estimate of drug-likeness (QED) is 0.669. The maximum Gasteiger partial charge on any atom is 0.118 e. The number of rotatable bonds is 2. The number of ether oxygens (including phenoxy) is 1. The van der Waals surface area contributed by atoms with Crippen LogP contribution in [0.5, 0.6) is 5.75 Å². The molecule has 1 aromatic carbocycles. The Morgan fingerprint density at radius 3 is 2.71 bits per heavy atom. The van der Waals surface area contributed by atoms with Gasteiger partial charge in [0.05, 0.1) is 25.2 Å². The molecule has 3 rings (SSSR count). The highest BCUT2D eigenvalue weighted by Crippen LogP contribution is 2.25. The summed E-state index contributed by atoms with van der Waals surface area (Å²) in [4.78, 5) is 4.16. The summed E-state index contributed by atoms with van der Waals surface area (Å²) in [6.07, 6.45) is 5.68. The maximum absolute atomic E-state index is 5.16. The van der Waals surface area contributed by atoms with Crippen molar-refractivity contribution in [2.75, 3.05) is 7.11 Å². The van der Waals surface area contributed by atoms with E-state index in [-0.39, 0.29) is 0 Å². The normalized spacial score (nSPS) is 10.6. The molecule has 3 heteroatoms. The number of pyridine rings is 1. The summed E-state index contributed by atoms with van der Waals surface area (Å²) in [6.45, 7) is 0. The van der Waals surface area contributed by atoms with E-state index in [2.05, 4.69) is 23.2 Å². The summed E-state index contributed by atoms with van der Waals surface area (Å²) in [6, 6.07) is 12.2. The minimum absolute atomic E-state index is 0.870. The Hall–Kier alpha value is -2.29. The molecule has 3 aromatic rings. The number of aromatic nitrogens is 2. The molecular formula is C14H12N2O. The molecule has 17 heavy (non-hydrogen) atoms. The van der Waals surface area contributed by atoms with Crippen molar-refractivity contribution in [2.45, 2.75) is 0 Å². The molecule has 0 N–H and O–H groups in total. The van der Waals surface area contributed by atoms with Crippen LogP contribution in [0, 0.1) is 0 Å². The minimum atomic E-state index is 0.870. The molecule has 0 aliphatic rings. The zero-order chi connectivity index (χ0) is 11.7. The molecule has 0 amide bonds. The van der Waals surface area contributed by atoms with E-state index in [1.165, 1.54) is 5.56 Å². The van der Waals surface area contributed by atoms with Crippen LogP contribution in [0.3, 0.4) is 0 Å². The summed E-state index contributed by atoms with van der Waals surface area (Å²) in [7, 11) is 1.67. The van der Waals surface area contributed by atoms with Gasteiger partial charge >= 0.3 is 0 Å². The first-order chi connectivity index (χ1) is 8.38. The Labute approximate surface area is 99.3 Å². The molecule has 0 spiro atoms. The molecule has 0 saturated heterocycles. The van der Waals surface area contributed by atoms with Crippen LogP contribution >= 0.6 is 0 Å². The minimum Gasteiger partial charge on any atom is -0.497 e. The van der Waals surface area contributed by atoms with Crippen LogP contribution < -0.4 is 4.74 Å². The van der Waals surface area contributed by atoms with Crippen LogP contribution in [0.15, 0.2) is 55.1 Å². The molecule has 0 saturated carbocycles. The van der Waals surface area contributed by atoms with E-state index < -0.39 is 0 Å². The predicted molar refractivity (Wildman–Crippen MR) is 67.2 cm³/mol. The summed E-state index contributed by atoms with van der Waals surface area (Å²) >= 11 is 0. The third-order valence-electron chi connectivity index (χ3n) is 2.85. The first-order valence-electron chi connectivity index (χ1n) is 5.43. The van der Waals surface area contributed by atoms with E-state index in [1.54, 1.807) is 7.11 Å². The molecule has 0 fully saturated rings. The van der Waals surface area contributed by atoms with Gasteiger partial charge in [-0.05, 0) is 23.8 Å². The Kier molecular flexibility index (Phi) is 2.29. The summed E-state index contributed by atoms with van der Waals surface area (Å²) in [5, 5.41) is 0. The third kappa shape index (κ3) is 1.65. The van der Waals surface area contributed by atoms with E-state index in [9.17, 15) is 0 Å². The number of fused-ring (bicyclic) bond motifs is 1. The summed E-state index contributed by atoms with van der Waals surface area (Å²) < 4.78 is 7.17. The summed E-state index contributed by atoms with van der Waals surface area (Å²) in [5.41, 5.74) is 3.45. The van der Waals surface area contributed by atoms with E-state index in [0.29, 0.717) is 0 Å². The van der Waals surface area contributed by atoms with Crippen LogP contribution in [0.2, 0.25) is 0 Å². The van der Waals surface area contributed by atoms with E-state index in [1.807, 2.05) is 41.3 Å². The van der Waals surface area contributed by atoms with Gasteiger partial charge < -0.3 is 9.14 Å². The second kappa shape index (κ2) is 3.94. The lowest BCUT2D eigenvalue weighted by Gasteiger charge is -2.05. The Morgan fingerprint density at radius 2 is 1.94 bits per heavy atom. The first kappa shape index (κ1) is 9.90. The number of nitrogens with zero attached hydrogens (tertiary/aromatic N) is 2. The molecule has 0 aliphatic carbocycles. The maximum atomic E-state index is 5.16. The van der Waals surface area contributed by atoms with E-state index >= 15 is 0 Å². The van der Waals surface area contributed by atoms with Gasteiger partial charge in [0.15, 0.2) is 0 Å². The van der Waals surface area contributed by atoms with Gasteiger partial charge in [-0.2, -0.15) is 0 Å². The zero-order valence-electron chi connectivity index (χ0n) is 9.50. The Morgan fingerprint density at radius 1 is 1.12 bits per heavy atom. The van der Waals surface area contributed by atoms with Crippen molar-refractivity contribution in [1.29, 1.82) is 0 Å². The molecule has 84 valence electrons. The van der Waals surface area contributed by atoms with Gasteiger partial charge in [-0.3, -0.25) is 0 Å². The zero-order valence-corrected chi connectivity index (χ0v) is 9.50. The number of benzene rings is 1. The second-order valence-corrected chi connectivity index (χ2v) is 3.84. The topological polar surface area (TPSA) is 26.5 Å². The highest BCUT2D eigenvalue weighted by atomic mass is 16.5. The van der Waals surface area contributed by atoms with Crippen LogP contribution in [0.1, 0.15) is 0 Å². The highest BCUT2D eigenvalue weighted by molar-refractivity contribution is 5.79. The molecule has 0 unspecified atom stereocenters. The van der Waals surface area contributed by atoms with Gasteiger partial charge in [0.2, 0.25) is 0 Å². The van der Waals surface area contributed by atoms with Crippen molar-refractivity contribution in [3.8, 4) is 16.9 Å². The van der Waals surface area contributed by atoms with Crippen molar-refractivity contribution >= 4 is 5.52 Å². The first-order valence-corrected chi connectivity index (χ1v) is 5.43. The standard InChI is InChI=1S/C14H12N2O/c1-17-12-6-4-11(5-7-12)13-3-2-8-16-10-15-9-14(13)16/h2-10H,1H3. The average molecular weight is 224 g/mol. The molecule has 2 heterocycles. The van der Waals surface area contributed by atoms with Gasteiger partial charge in [-0.1, -0.05) is 18.2 Å². The van der Waals surface area contributed by atoms with Gasteiger partial charge in [-0.25, -0.2) is 4.98 Å². The van der Waals surface area contributed by atoms with Gasteiger partial charge in [0.1, 0.15) is 5.75 Å². The van der Waals surface area contributed by atoms with Gasteiger partial charge in [0, 0.05) is 11.8 Å². The molecule has 0 atom stereocenters. The average Bonchev–Trinajstić information content (AvgIpc) is 2.87. The van der Waals surface area contributed by atoms with Crippen molar-refractivity contribution in [3.63, 3.8) is 0 Å². The SMILES string of the molecule is COc1ccc(-c2cccn3cncc23)cc1. The molecule has 3 nitrogen and oxygen atoms in total. The smallest absolute Gasteiger partial charge is 0.118 e. The van der Waals surface area contributed by atoms with E-state index in [0.717, 1.165) is 16.8 Å². The summed E-state index contributed by atoms with van der Waals surface area (Å²) in [5.74, 6) is 0.870. The number of hydrogen-bond donors (Lipinski definition) is 0. The molecule has 2 aromatic heterocycles. The lowest BCUT2D eigenvalue weighted by molar-refractivity contribution is 0.415. The van der Waals surface area contributed by atoms with Crippen molar-refractivity contribution in [1.82, 2.24) is 9.38 Å². The Balaban J connectivity index is 2.16. The lowest BCUT2D eigenvalue weighted by atomic mass is 10.1. The molecular weight excluding hydrogens is 212 g/mol. The molecule has 0 bridgehead atoms. The van der Waals surface area contributed by atoms with Crippen molar-refractivity contribution in [2.24, 2.45) is 0 Å². The predicted octanol–water partition coefficient (Wildman–Crippen LogP) is 3.01. The number of imidazole rings is 1. The fraction of sp³-hybridized carbons (Fsp3) is 0.0714. The lowest BCUT2D eigenvalue weighted by Crippen LogP contribution is -1.86. The monoisotopic (exact) mass is 224 g/mol. The van der Waals surface area contributed by atoms with Crippen LogP contribution in [-0.2, 0) is 0 Å². The van der Waals surface area contributed by atoms with Crippen molar-refractivity contribution < 1.29 is 4.74 Å². The van der Waals surface area contributed by atoms with Crippen LogP contribution in [-0.4, -0.2) is 16.5 Å². The van der Waals surface area contributed by atoms with Gasteiger partial charge in [0.25, 0.3) is 0 Å². The third-order valence-corrected chi connectivity index (χ3v) is 2.85. The fourth-order valence-electron chi connectivity index (χ4n) is 1.96. The number of hydrogen-bond acceptors (Lipinski definition) is 2. The molecule has 0 aliphatic heterocycles. The van der Waals surface area contributed by atoms with Crippen LogP contribution in [0.4, 0.5) is 0 Å². The van der Waals surface area contributed by atoms with Gasteiger partial charge in [-0.15, -0.1) is 0 Å². The second-order valence-electron chi connectivity index (χ2n) is 3.84. The fourth-order valence-corrected chi connectivity index (χ4v) is 1.96.